The minimum Gasteiger partial charge on any atom is -0.183 e. The number of fused-ring (bicyclic) bond motifs is 1. The third-order valence-corrected chi connectivity index (χ3v) is 3.42. The van der Waals surface area contributed by atoms with Crippen LogP contribution >= 0.6 is 11.8 Å². The van der Waals surface area contributed by atoms with Crippen molar-refractivity contribution in [3.05, 3.63) is 35.9 Å². The molecular weight excluding hydrogens is 240 g/mol. The summed E-state index contributed by atoms with van der Waals surface area (Å²) in [6.45, 7) is 0. The molecule has 1 aliphatic rings. The van der Waals surface area contributed by atoms with Gasteiger partial charge < -0.3 is 0 Å². The first-order valence-corrected chi connectivity index (χ1v) is 6.19. The van der Waals surface area contributed by atoms with Crippen LogP contribution in [0.2, 0.25) is 0 Å². The van der Waals surface area contributed by atoms with Gasteiger partial charge in [-0.25, -0.2) is 0 Å². The topological polar surface area (TPSA) is 78.4 Å². The molecule has 4 nitrogen and oxygen atoms in total. The van der Waals surface area contributed by atoms with Gasteiger partial charge in [-0.05, 0) is 17.7 Å². The molecule has 1 unspecified atom stereocenters. The fraction of sp³-hybridized carbons (Fsp3) is 0.111. The van der Waals surface area contributed by atoms with E-state index in [1.165, 1.54) is 17.8 Å². The molecule has 2 rings (SSSR count). The fourth-order valence-electron chi connectivity index (χ4n) is 1.23. The van der Waals surface area contributed by atoms with Gasteiger partial charge in [0.2, 0.25) is 0 Å². The van der Waals surface area contributed by atoms with Crippen LogP contribution in [-0.2, 0) is 4.29 Å². The zero-order valence-electron chi connectivity index (χ0n) is 7.46. The van der Waals surface area contributed by atoms with Crippen molar-refractivity contribution in [1.29, 1.82) is 0 Å². The molecule has 0 amide bonds. The second-order valence-electron chi connectivity index (χ2n) is 2.85. The average molecular weight is 247 g/mol. The molecule has 6 heteroatoms. The lowest BCUT2D eigenvalue weighted by Crippen LogP contribution is -2.61. The first-order valence-electron chi connectivity index (χ1n) is 4.08. The summed E-state index contributed by atoms with van der Waals surface area (Å²) in [5.74, 6) is 0. The van der Waals surface area contributed by atoms with Crippen molar-refractivity contribution >= 4 is 17.8 Å². The van der Waals surface area contributed by atoms with Crippen LogP contribution in [0.1, 0.15) is 5.56 Å². The Hall–Kier alpha value is -0.560. The molecule has 0 radical (unpaired) electrons. The van der Waals surface area contributed by atoms with Crippen LogP contribution in [0.3, 0.4) is 0 Å². The van der Waals surface area contributed by atoms with Crippen molar-refractivity contribution in [3.8, 4) is 0 Å². The first kappa shape index (κ1) is 10.9. The molecule has 0 saturated heterocycles. The van der Waals surface area contributed by atoms with Crippen LogP contribution in [0.25, 0.3) is 6.08 Å². The Morgan fingerprint density at radius 1 is 1.20 bits per heavy atom. The van der Waals surface area contributed by atoms with Crippen LogP contribution in [0.5, 0.6) is 0 Å². The lowest BCUT2D eigenvalue weighted by atomic mass is 10.2. The van der Waals surface area contributed by atoms with E-state index in [4.69, 9.17) is 0 Å². The number of thioether (sulfide) groups is 1. The van der Waals surface area contributed by atoms with Crippen LogP contribution < -0.4 is 14.0 Å². The van der Waals surface area contributed by atoms with Gasteiger partial charge in [0.15, 0.2) is 0 Å². The van der Waals surface area contributed by atoms with Gasteiger partial charge in [-0.3, -0.25) is 0 Å². The van der Waals surface area contributed by atoms with Gasteiger partial charge in [0.05, 0.1) is 14.5 Å². The van der Waals surface area contributed by atoms with E-state index in [0.29, 0.717) is 0 Å². The molecule has 1 aromatic rings. The minimum atomic E-state index is -4.38. The predicted octanol–water partition coefficient (Wildman–Crippen LogP) is -0.954. The molecule has 0 aromatic heterocycles. The molecule has 1 aliphatic heterocycles. The molecule has 80 valence electrons. The first-order chi connectivity index (χ1) is 7.04. The summed E-state index contributed by atoms with van der Waals surface area (Å²) in [6.07, 6.45) is 3.27. The lowest BCUT2D eigenvalue weighted by molar-refractivity contribution is -1.92. The standard InChI is InChI=1S/C9H7ClO4S/c11-10(12,13)14-9-6-5-7-3-1-2-4-8(7)15-9/h1-6,9H. The molecule has 1 atom stereocenters. The monoisotopic (exact) mass is 246 g/mol. The van der Waals surface area contributed by atoms with E-state index in [1.807, 2.05) is 24.3 Å². The highest BCUT2D eigenvalue weighted by molar-refractivity contribution is 8.00. The molecule has 0 aliphatic carbocycles. The van der Waals surface area contributed by atoms with Crippen LogP contribution in [0.15, 0.2) is 35.2 Å². The van der Waals surface area contributed by atoms with E-state index in [0.717, 1.165) is 10.5 Å². The van der Waals surface area contributed by atoms with Gasteiger partial charge in [-0.15, -0.1) is 0 Å². The van der Waals surface area contributed by atoms with Gasteiger partial charge in [-0.1, -0.05) is 36.0 Å². The SMILES string of the molecule is [O-][Cl+3]([O-])([O-])OC1C=Cc2ccccc2S1. The summed E-state index contributed by atoms with van der Waals surface area (Å²) >= 11 is 1.19. The molecule has 1 aromatic carbocycles. The predicted molar refractivity (Wildman–Crippen MR) is 46.2 cm³/mol. The van der Waals surface area contributed by atoms with Crippen molar-refractivity contribution in [2.45, 2.75) is 10.3 Å². The van der Waals surface area contributed by atoms with E-state index in [1.54, 1.807) is 6.08 Å². The maximum atomic E-state index is 10.4. The van der Waals surface area contributed by atoms with Gasteiger partial charge in [-0.2, -0.15) is 14.0 Å². The second-order valence-corrected chi connectivity index (χ2v) is 4.92. The Morgan fingerprint density at radius 2 is 1.93 bits per heavy atom. The lowest BCUT2D eigenvalue weighted by Gasteiger charge is -2.19. The number of hydrogen-bond donors (Lipinski definition) is 0. The molecule has 0 N–H and O–H groups in total. The molecular formula is C9H7ClO4S. The second kappa shape index (κ2) is 4.13. The highest BCUT2D eigenvalue weighted by Crippen LogP contribution is 2.34. The average Bonchev–Trinajstić information content (AvgIpc) is 2.15. The van der Waals surface area contributed by atoms with Crippen LogP contribution in [-0.4, -0.2) is 5.44 Å². The molecule has 1 heterocycles. The third-order valence-electron chi connectivity index (χ3n) is 1.79. The van der Waals surface area contributed by atoms with Crippen molar-refractivity contribution in [2.75, 3.05) is 0 Å². The van der Waals surface area contributed by atoms with Gasteiger partial charge >= 0.3 is 0 Å². The van der Waals surface area contributed by atoms with Gasteiger partial charge in [0, 0.05) is 4.90 Å². The Bertz CT molecular complexity index is 388. The smallest absolute Gasteiger partial charge is 0.183 e. The highest BCUT2D eigenvalue weighted by Gasteiger charge is 2.29. The summed E-state index contributed by atoms with van der Waals surface area (Å²) in [5.41, 5.74) is 0.214. The molecule has 0 bridgehead atoms. The maximum absolute atomic E-state index is 10.4. The Kier molecular flexibility index (Phi) is 3.01. The summed E-state index contributed by atoms with van der Waals surface area (Å²) in [4.78, 5) is 0.892. The Labute approximate surface area is 92.9 Å². The maximum Gasteiger partial charge on any atom is 0.282 e. The largest absolute Gasteiger partial charge is 0.282 e. The Balaban J connectivity index is 2.13. The summed E-state index contributed by atoms with van der Waals surface area (Å²) < 4.78 is 35.4. The van der Waals surface area contributed by atoms with Gasteiger partial charge in [0.25, 0.3) is 5.44 Å². The van der Waals surface area contributed by atoms with Crippen molar-refractivity contribution in [1.82, 2.24) is 0 Å². The molecule has 0 fully saturated rings. The van der Waals surface area contributed by atoms with E-state index in [2.05, 4.69) is 4.29 Å². The number of halogens is 1. The number of hydrogen-bond acceptors (Lipinski definition) is 5. The highest BCUT2D eigenvalue weighted by atomic mass is 35.7. The van der Waals surface area contributed by atoms with E-state index in [9.17, 15) is 14.0 Å². The van der Waals surface area contributed by atoms with E-state index < -0.39 is 15.7 Å². The summed E-state index contributed by atoms with van der Waals surface area (Å²) in [7, 11) is -4.38. The third kappa shape index (κ3) is 2.94. The van der Waals surface area contributed by atoms with Crippen molar-refractivity contribution in [3.63, 3.8) is 0 Å². The number of rotatable bonds is 2. The van der Waals surface area contributed by atoms with Crippen molar-refractivity contribution < 1.29 is 28.5 Å². The molecule has 0 spiro atoms. The fourth-order valence-corrected chi connectivity index (χ4v) is 2.75. The van der Waals surface area contributed by atoms with E-state index in [-0.39, 0.29) is 0 Å². The van der Waals surface area contributed by atoms with Crippen molar-refractivity contribution in [2.24, 2.45) is 0 Å². The summed E-state index contributed by atoms with van der Waals surface area (Å²) in [5, 5.41) is 0. The molecule has 0 saturated carbocycles. The molecule has 15 heavy (non-hydrogen) atoms. The van der Waals surface area contributed by atoms with E-state index >= 15 is 0 Å². The minimum absolute atomic E-state index is 0.774. The van der Waals surface area contributed by atoms with Gasteiger partial charge in [0.1, 0.15) is 0 Å². The zero-order chi connectivity index (χ0) is 10.9. The number of benzene rings is 1. The zero-order valence-corrected chi connectivity index (χ0v) is 9.03. The summed E-state index contributed by atoms with van der Waals surface area (Å²) in [6, 6.07) is 7.46. The van der Waals surface area contributed by atoms with Crippen LogP contribution in [0, 0.1) is 10.2 Å². The quantitative estimate of drug-likeness (QED) is 0.672. The normalized spacial score (nSPS) is 20.1. The van der Waals surface area contributed by atoms with Crippen LogP contribution in [0.4, 0.5) is 0 Å². The Morgan fingerprint density at radius 3 is 2.67 bits per heavy atom.